The predicted octanol–water partition coefficient (Wildman–Crippen LogP) is -0.979. The van der Waals surface area contributed by atoms with Gasteiger partial charge in [0.25, 0.3) is 5.56 Å². The monoisotopic (exact) mass is 435 g/mol. The molecule has 5 rings (SSSR count). The third-order valence-corrected chi connectivity index (χ3v) is 6.63. The fourth-order valence-electron chi connectivity index (χ4n) is 4.93. The summed E-state index contributed by atoms with van der Waals surface area (Å²) in [5.41, 5.74) is 1.92. The molecule has 3 aliphatic rings. The smallest absolute Gasteiger partial charge is 0.341 e. The number of piperidine rings is 1. The summed E-state index contributed by atoms with van der Waals surface area (Å²) in [7, 11) is 0. The van der Waals surface area contributed by atoms with Gasteiger partial charge in [0.05, 0.1) is 30.0 Å². The average molecular weight is 436 g/mol. The van der Waals surface area contributed by atoms with Crippen molar-refractivity contribution in [1.82, 2.24) is 4.40 Å². The fraction of sp³-hybridized carbons (Fsp3) is 0.545. The molecule has 2 aromatic heterocycles. The van der Waals surface area contributed by atoms with E-state index >= 15 is 4.39 Å². The van der Waals surface area contributed by atoms with Crippen LogP contribution in [-0.2, 0) is 0 Å². The van der Waals surface area contributed by atoms with Gasteiger partial charge in [-0.15, -0.1) is 0 Å². The molecule has 0 spiro atoms. The lowest BCUT2D eigenvalue weighted by Crippen LogP contribution is -3.00. The number of anilines is 1. The Hall–Kier alpha value is -2.12. The van der Waals surface area contributed by atoms with Crippen molar-refractivity contribution in [2.75, 3.05) is 18.0 Å². The number of nitrogens with zero attached hydrogens (tertiary/aromatic N) is 2. The van der Waals surface area contributed by atoms with Gasteiger partial charge in [-0.05, 0) is 49.3 Å². The maximum absolute atomic E-state index is 15.3. The summed E-state index contributed by atoms with van der Waals surface area (Å²) in [5.74, 6) is -1.46. The van der Waals surface area contributed by atoms with E-state index in [0.29, 0.717) is 17.2 Å². The number of halogens is 2. The van der Waals surface area contributed by atoms with Crippen molar-refractivity contribution in [2.45, 2.75) is 63.5 Å². The summed E-state index contributed by atoms with van der Waals surface area (Å²) >= 11 is 0. The van der Waals surface area contributed by atoms with E-state index in [1.807, 2.05) is 6.92 Å². The standard InChI is InChI=1S/C22H26FN3O3.ClH/c1-12-19-16(13-4-5-13)9-17(22(28)29)21(27)26(19)11-18(23)20(12)25-8-2-3-15(10-25)24-14-6-7-14;/h9,11,13-15,24H,2-8,10H2,1H3,(H,28,29);1H/t15-;/m1./s1. The molecule has 0 amide bonds. The van der Waals surface area contributed by atoms with Crippen molar-refractivity contribution in [3.63, 3.8) is 0 Å². The lowest BCUT2D eigenvalue weighted by molar-refractivity contribution is -0.701. The van der Waals surface area contributed by atoms with Crippen molar-refractivity contribution in [1.29, 1.82) is 0 Å². The van der Waals surface area contributed by atoms with Gasteiger partial charge in [0.1, 0.15) is 11.6 Å². The summed E-state index contributed by atoms with van der Waals surface area (Å²) in [4.78, 5) is 26.4. The molecule has 8 heteroatoms. The zero-order valence-electron chi connectivity index (χ0n) is 17.0. The van der Waals surface area contributed by atoms with E-state index in [4.69, 9.17) is 0 Å². The van der Waals surface area contributed by atoms with Crippen LogP contribution in [0.4, 0.5) is 10.1 Å². The molecule has 0 bridgehead atoms. The van der Waals surface area contributed by atoms with E-state index in [1.54, 1.807) is 0 Å². The number of carboxylic acids is 1. The van der Waals surface area contributed by atoms with E-state index in [2.05, 4.69) is 10.2 Å². The van der Waals surface area contributed by atoms with Crippen molar-refractivity contribution in [3.8, 4) is 0 Å². The Balaban J connectivity index is 0.00000218. The fourth-order valence-corrected chi connectivity index (χ4v) is 4.93. The second kappa shape index (κ2) is 7.85. The van der Waals surface area contributed by atoms with E-state index in [-0.39, 0.29) is 23.9 Å². The van der Waals surface area contributed by atoms with Crippen LogP contribution < -0.4 is 28.2 Å². The quantitative estimate of drug-likeness (QED) is 0.633. The number of rotatable bonds is 5. The van der Waals surface area contributed by atoms with Crippen molar-refractivity contribution < 1.29 is 32.0 Å². The van der Waals surface area contributed by atoms with Gasteiger partial charge in [0, 0.05) is 25.8 Å². The third kappa shape index (κ3) is 3.69. The summed E-state index contributed by atoms with van der Waals surface area (Å²) in [6.07, 6.45) is 7.88. The van der Waals surface area contributed by atoms with Crippen LogP contribution in [0.2, 0.25) is 0 Å². The number of aromatic nitrogens is 1. The first kappa shape index (κ1) is 21.1. The topological polar surface area (TPSA) is 78.6 Å². The number of aryl methyl sites for hydroxylation is 1. The Morgan fingerprint density at radius 1 is 1.20 bits per heavy atom. The zero-order valence-corrected chi connectivity index (χ0v) is 17.8. The van der Waals surface area contributed by atoms with E-state index < -0.39 is 17.3 Å². The average Bonchev–Trinajstić information content (AvgIpc) is 3.57. The van der Waals surface area contributed by atoms with Gasteiger partial charge in [0.2, 0.25) is 0 Å². The molecule has 6 nitrogen and oxygen atoms in total. The van der Waals surface area contributed by atoms with Crippen LogP contribution in [0.3, 0.4) is 0 Å². The minimum Gasteiger partial charge on any atom is -1.00 e. The Bertz CT molecular complexity index is 1060. The van der Waals surface area contributed by atoms with E-state index in [0.717, 1.165) is 55.9 Å². The molecular weight excluding hydrogens is 409 g/mol. The number of hydrogen-bond donors (Lipinski definition) is 2. The molecule has 3 heterocycles. The minimum absolute atomic E-state index is 0. The molecule has 1 atom stereocenters. The molecular formula is C22H27ClFN3O3. The van der Waals surface area contributed by atoms with Gasteiger partial charge >= 0.3 is 5.97 Å². The van der Waals surface area contributed by atoms with Crippen molar-refractivity contribution >= 4 is 17.2 Å². The highest BCUT2D eigenvalue weighted by atomic mass is 35.5. The van der Waals surface area contributed by atoms with Crippen LogP contribution in [0.15, 0.2) is 17.1 Å². The van der Waals surface area contributed by atoms with E-state index in [1.165, 1.54) is 29.5 Å². The number of aromatic carboxylic acids is 1. The highest BCUT2D eigenvalue weighted by Gasteiger charge is 2.34. The Labute approximate surface area is 180 Å². The lowest BCUT2D eigenvalue weighted by atomic mass is 10.00. The molecule has 0 radical (unpaired) electrons. The first-order valence-corrected chi connectivity index (χ1v) is 10.7. The molecule has 2 aromatic rings. The molecule has 1 aliphatic heterocycles. The number of pyridine rings is 2. The molecule has 162 valence electrons. The van der Waals surface area contributed by atoms with Gasteiger partial charge in [-0.25, -0.2) is 9.18 Å². The van der Waals surface area contributed by atoms with Gasteiger partial charge in [0.15, 0.2) is 5.82 Å². The van der Waals surface area contributed by atoms with Crippen LogP contribution in [-0.4, -0.2) is 40.6 Å². The number of quaternary nitrogens is 1. The second-order valence-electron chi connectivity index (χ2n) is 8.95. The number of nitrogens with two attached hydrogens (primary N) is 1. The summed E-state index contributed by atoms with van der Waals surface area (Å²) in [6.45, 7) is 3.48. The van der Waals surface area contributed by atoms with Gasteiger partial charge in [-0.3, -0.25) is 9.20 Å². The summed E-state index contributed by atoms with van der Waals surface area (Å²) < 4.78 is 16.5. The molecule has 2 aliphatic carbocycles. The highest BCUT2D eigenvalue weighted by molar-refractivity contribution is 5.89. The Morgan fingerprint density at radius 2 is 1.93 bits per heavy atom. The molecule has 0 aromatic carbocycles. The molecule has 30 heavy (non-hydrogen) atoms. The van der Waals surface area contributed by atoms with Crippen LogP contribution >= 0.6 is 0 Å². The van der Waals surface area contributed by atoms with Gasteiger partial charge in [-0.2, -0.15) is 0 Å². The maximum Gasteiger partial charge on any atom is 0.341 e. The van der Waals surface area contributed by atoms with Crippen molar-refractivity contribution in [3.05, 3.63) is 45.1 Å². The maximum atomic E-state index is 15.3. The summed E-state index contributed by atoms with van der Waals surface area (Å²) in [5, 5.41) is 11.9. The van der Waals surface area contributed by atoms with Gasteiger partial charge < -0.3 is 27.7 Å². The molecule has 3 N–H and O–H groups in total. The molecule has 1 saturated heterocycles. The van der Waals surface area contributed by atoms with Crippen LogP contribution in [0, 0.1) is 12.7 Å². The molecule has 2 saturated carbocycles. The minimum atomic E-state index is -1.26. The zero-order chi connectivity index (χ0) is 20.3. The number of fused-ring (bicyclic) bond motifs is 1. The van der Waals surface area contributed by atoms with Crippen LogP contribution in [0.1, 0.15) is 65.9 Å². The second-order valence-corrected chi connectivity index (χ2v) is 8.95. The van der Waals surface area contributed by atoms with Gasteiger partial charge in [-0.1, -0.05) is 0 Å². The SMILES string of the molecule is Cc1c(N2CCC[C@@H]([NH2+]C3CC3)C2)c(F)cn2c(=O)c(C(=O)O)cc(C3CC3)c12.[Cl-]. The van der Waals surface area contributed by atoms with Crippen LogP contribution in [0.25, 0.3) is 5.52 Å². The first-order valence-electron chi connectivity index (χ1n) is 10.7. The third-order valence-electron chi connectivity index (χ3n) is 6.63. The van der Waals surface area contributed by atoms with Crippen LogP contribution in [0.5, 0.6) is 0 Å². The first-order chi connectivity index (χ1) is 13.9. The molecule has 3 fully saturated rings. The molecule has 0 unspecified atom stereocenters. The summed E-state index contributed by atoms with van der Waals surface area (Å²) in [6, 6.07) is 2.73. The van der Waals surface area contributed by atoms with Crippen molar-refractivity contribution in [2.24, 2.45) is 0 Å². The Kier molecular flexibility index (Phi) is 5.53. The lowest BCUT2D eigenvalue weighted by Gasteiger charge is -2.34. The number of carboxylic acid groups (broad SMARTS) is 1. The number of carbonyl (C=O) groups is 1. The number of hydrogen-bond acceptors (Lipinski definition) is 3. The predicted molar refractivity (Wildman–Crippen MR) is 107 cm³/mol. The highest BCUT2D eigenvalue weighted by Crippen LogP contribution is 2.44. The normalized spacial score (nSPS) is 21.5. The Morgan fingerprint density at radius 3 is 2.57 bits per heavy atom. The largest absolute Gasteiger partial charge is 1.00 e. The van der Waals surface area contributed by atoms with E-state index in [9.17, 15) is 14.7 Å².